The molecule has 1 N–H and O–H groups in total. The maximum atomic E-state index is 5.54. The van der Waals surface area contributed by atoms with E-state index in [-0.39, 0.29) is 0 Å². The number of nitrogens with one attached hydrogen (secondary N) is 1. The minimum atomic E-state index is 0.495. The molecule has 0 radical (unpaired) electrons. The van der Waals surface area contributed by atoms with Gasteiger partial charge in [-0.2, -0.15) is 0 Å². The lowest BCUT2D eigenvalue weighted by molar-refractivity contribution is 0.308. The van der Waals surface area contributed by atoms with Crippen molar-refractivity contribution in [2.75, 3.05) is 20.3 Å². The Morgan fingerprint density at radius 1 is 1.20 bits per heavy atom. The van der Waals surface area contributed by atoms with E-state index >= 15 is 0 Å². The SMILES string of the molecule is CCOc1ccc(CNCC2(C)CCCC2)cc1OC. The molecule has 0 aromatic heterocycles. The van der Waals surface area contributed by atoms with Crippen molar-refractivity contribution >= 4 is 0 Å². The summed E-state index contributed by atoms with van der Waals surface area (Å²) in [5.41, 5.74) is 1.74. The fraction of sp³-hybridized carbons (Fsp3) is 0.647. The molecular formula is C17H27NO2. The van der Waals surface area contributed by atoms with Crippen molar-refractivity contribution < 1.29 is 9.47 Å². The zero-order valence-electron chi connectivity index (χ0n) is 13.0. The van der Waals surface area contributed by atoms with Gasteiger partial charge in [-0.3, -0.25) is 0 Å². The zero-order valence-corrected chi connectivity index (χ0v) is 13.0. The largest absolute Gasteiger partial charge is 0.493 e. The molecule has 0 heterocycles. The lowest BCUT2D eigenvalue weighted by Crippen LogP contribution is -2.29. The van der Waals surface area contributed by atoms with Crippen LogP contribution in [0.3, 0.4) is 0 Å². The topological polar surface area (TPSA) is 30.5 Å². The fourth-order valence-electron chi connectivity index (χ4n) is 3.01. The van der Waals surface area contributed by atoms with Crippen LogP contribution in [0.2, 0.25) is 0 Å². The van der Waals surface area contributed by atoms with Crippen molar-refractivity contribution in [1.82, 2.24) is 5.32 Å². The molecule has 1 aliphatic rings. The molecule has 0 saturated heterocycles. The summed E-state index contributed by atoms with van der Waals surface area (Å²) in [5, 5.41) is 3.59. The number of benzene rings is 1. The van der Waals surface area contributed by atoms with E-state index in [0.717, 1.165) is 24.6 Å². The van der Waals surface area contributed by atoms with E-state index in [2.05, 4.69) is 24.4 Å². The van der Waals surface area contributed by atoms with Gasteiger partial charge in [0.15, 0.2) is 11.5 Å². The third kappa shape index (κ3) is 3.89. The third-order valence-corrected chi connectivity index (χ3v) is 4.22. The molecule has 3 heteroatoms. The predicted molar refractivity (Wildman–Crippen MR) is 82.4 cm³/mol. The monoisotopic (exact) mass is 277 g/mol. The summed E-state index contributed by atoms with van der Waals surface area (Å²) in [6.07, 6.45) is 5.48. The maximum Gasteiger partial charge on any atom is 0.161 e. The molecule has 20 heavy (non-hydrogen) atoms. The van der Waals surface area contributed by atoms with Crippen molar-refractivity contribution in [3.05, 3.63) is 23.8 Å². The van der Waals surface area contributed by atoms with Gasteiger partial charge in [-0.25, -0.2) is 0 Å². The van der Waals surface area contributed by atoms with Gasteiger partial charge in [-0.1, -0.05) is 25.8 Å². The smallest absolute Gasteiger partial charge is 0.161 e. The van der Waals surface area contributed by atoms with Crippen LogP contribution in [0.15, 0.2) is 18.2 Å². The molecule has 112 valence electrons. The van der Waals surface area contributed by atoms with Gasteiger partial charge in [0.1, 0.15) is 0 Å². The van der Waals surface area contributed by atoms with Crippen molar-refractivity contribution in [3.8, 4) is 11.5 Å². The Balaban J connectivity index is 1.89. The van der Waals surface area contributed by atoms with Crippen molar-refractivity contribution in [1.29, 1.82) is 0 Å². The van der Waals surface area contributed by atoms with E-state index in [1.165, 1.54) is 31.2 Å². The second kappa shape index (κ2) is 6.98. The Bertz CT molecular complexity index is 425. The van der Waals surface area contributed by atoms with Crippen LogP contribution in [-0.2, 0) is 6.54 Å². The Hall–Kier alpha value is -1.22. The van der Waals surface area contributed by atoms with Gasteiger partial charge >= 0.3 is 0 Å². The van der Waals surface area contributed by atoms with Crippen LogP contribution in [0.4, 0.5) is 0 Å². The van der Waals surface area contributed by atoms with E-state index < -0.39 is 0 Å². The number of ether oxygens (including phenoxy) is 2. The highest BCUT2D eigenvalue weighted by Gasteiger charge is 2.27. The Kier molecular flexibility index (Phi) is 5.30. The molecule has 1 aromatic rings. The summed E-state index contributed by atoms with van der Waals surface area (Å²) in [5.74, 6) is 1.64. The van der Waals surface area contributed by atoms with Crippen molar-refractivity contribution in [3.63, 3.8) is 0 Å². The number of hydrogen-bond donors (Lipinski definition) is 1. The van der Waals surface area contributed by atoms with Crippen LogP contribution >= 0.6 is 0 Å². The summed E-state index contributed by atoms with van der Waals surface area (Å²) in [6.45, 7) is 7.02. The maximum absolute atomic E-state index is 5.54. The van der Waals surface area contributed by atoms with Gasteiger partial charge in [0, 0.05) is 13.1 Å². The molecule has 1 aliphatic carbocycles. The summed E-state index contributed by atoms with van der Waals surface area (Å²) < 4.78 is 10.9. The Morgan fingerprint density at radius 2 is 1.95 bits per heavy atom. The molecule has 0 aliphatic heterocycles. The average Bonchev–Trinajstić information content (AvgIpc) is 2.87. The van der Waals surface area contributed by atoms with Crippen molar-refractivity contribution in [2.45, 2.75) is 46.1 Å². The average molecular weight is 277 g/mol. The van der Waals surface area contributed by atoms with Crippen LogP contribution in [0.25, 0.3) is 0 Å². The van der Waals surface area contributed by atoms with Gasteiger partial charge in [0.05, 0.1) is 13.7 Å². The number of rotatable bonds is 7. The highest BCUT2D eigenvalue weighted by molar-refractivity contribution is 5.42. The van der Waals surface area contributed by atoms with Crippen LogP contribution < -0.4 is 14.8 Å². The molecule has 0 bridgehead atoms. The minimum absolute atomic E-state index is 0.495. The first-order chi connectivity index (χ1) is 9.67. The lowest BCUT2D eigenvalue weighted by atomic mass is 9.89. The molecule has 0 atom stereocenters. The zero-order chi connectivity index (χ0) is 14.4. The first kappa shape index (κ1) is 15.2. The van der Waals surface area contributed by atoms with Crippen LogP contribution in [0, 0.1) is 5.41 Å². The highest BCUT2D eigenvalue weighted by atomic mass is 16.5. The van der Waals surface area contributed by atoms with Crippen LogP contribution in [0.1, 0.15) is 45.1 Å². The quantitative estimate of drug-likeness (QED) is 0.823. The lowest BCUT2D eigenvalue weighted by Gasteiger charge is -2.24. The minimum Gasteiger partial charge on any atom is -0.493 e. The second-order valence-corrected chi connectivity index (χ2v) is 6.04. The summed E-state index contributed by atoms with van der Waals surface area (Å²) in [7, 11) is 1.69. The predicted octanol–water partition coefficient (Wildman–Crippen LogP) is 3.76. The molecule has 3 nitrogen and oxygen atoms in total. The Morgan fingerprint density at radius 3 is 2.60 bits per heavy atom. The summed E-state index contributed by atoms with van der Waals surface area (Å²) >= 11 is 0. The van der Waals surface area contributed by atoms with Crippen molar-refractivity contribution in [2.24, 2.45) is 5.41 Å². The summed E-state index contributed by atoms with van der Waals surface area (Å²) in [4.78, 5) is 0. The fourth-order valence-corrected chi connectivity index (χ4v) is 3.01. The molecular weight excluding hydrogens is 250 g/mol. The normalized spacial score (nSPS) is 17.1. The molecule has 1 saturated carbocycles. The standard InChI is InChI=1S/C17H27NO2/c1-4-20-15-8-7-14(11-16(15)19-3)12-18-13-17(2)9-5-6-10-17/h7-8,11,18H,4-6,9-10,12-13H2,1-3H3. The van der Waals surface area contributed by atoms with E-state index in [4.69, 9.17) is 9.47 Å². The summed E-state index contributed by atoms with van der Waals surface area (Å²) in [6, 6.07) is 6.17. The first-order valence-electron chi connectivity index (χ1n) is 7.67. The second-order valence-electron chi connectivity index (χ2n) is 6.04. The first-order valence-corrected chi connectivity index (χ1v) is 7.67. The van der Waals surface area contributed by atoms with Crippen LogP contribution in [0.5, 0.6) is 11.5 Å². The van der Waals surface area contributed by atoms with Gasteiger partial charge in [0.25, 0.3) is 0 Å². The number of hydrogen-bond acceptors (Lipinski definition) is 3. The van der Waals surface area contributed by atoms with E-state index in [1.807, 2.05) is 13.0 Å². The van der Waals surface area contributed by atoms with Gasteiger partial charge in [-0.15, -0.1) is 0 Å². The van der Waals surface area contributed by atoms with Crippen LogP contribution in [-0.4, -0.2) is 20.3 Å². The van der Waals surface area contributed by atoms with Gasteiger partial charge in [-0.05, 0) is 42.9 Å². The molecule has 2 rings (SSSR count). The Labute approximate surface area is 122 Å². The molecule has 0 unspecified atom stereocenters. The van der Waals surface area contributed by atoms with Gasteiger partial charge < -0.3 is 14.8 Å². The van der Waals surface area contributed by atoms with E-state index in [9.17, 15) is 0 Å². The van der Waals surface area contributed by atoms with E-state index in [1.54, 1.807) is 7.11 Å². The molecule has 1 fully saturated rings. The number of methoxy groups -OCH3 is 1. The van der Waals surface area contributed by atoms with Gasteiger partial charge in [0.2, 0.25) is 0 Å². The highest BCUT2D eigenvalue weighted by Crippen LogP contribution is 2.36. The molecule has 0 spiro atoms. The third-order valence-electron chi connectivity index (χ3n) is 4.22. The molecule has 1 aromatic carbocycles. The van der Waals surface area contributed by atoms with E-state index in [0.29, 0.717) is 12.0 Å². The molecule has 0 amide bonds.